The number of methoxy groups -OCH3 is 1. The van der Waals surface area contributed by atoms with Crippen LogP contribution in [0.2, 0.25) is 0 Å². The molecular weight excluding hydrogens is 348 g/mol. The molecule has 0 saturated heterocycles. The van der Waals surface area contributed by atoms with E-state index in [1.165, 1.54) is 5.56 Å². The van der Waals surface area contributed by atoms with Gasteiger partial charge in [0.25, 0.3) is 0 Å². The predicted molar refractivity (Wildman–Crippen MR) is 114 cm³/mol. The summed E-state index contributed by atoms with van der Waals surface area (Å²) in [6.07, 6.45) is 0. The van der Waals surface area contributed by atoms with Crippen molar-refractivity contribution in [2.45, 2.75) is 25.9 Å². The van der Waals surface area contributed by atoms with Gasteiger partial charge in [-0.25, -0.2) is 0 Å². The second kappa shape index (κ2) is 9.20. The van der Waals surface area contributed by atoms with Crippen molar-refractivity contribution in [2.75, 3.05) is 12.4 Å². The average molecular weight is 374 g/mol. The minimum atomic E-state index is -0.406. The molecule has 0 bridgehead atoms. The van der Waals surface area contributed by atoms with E-state index >= 15 is 0 Å². The molecule has 3 aromatic rings. The van der Waals surface area contributed by atoms with Gasteiger partial charge in [-0.05, 0) is 37.1 Å². The van der Waals surface area contributed by atoms with Crippen LogP contribution in [-0.4, -0.2) is 19.1 Å². The van der Waals surface area contributed by atoms with Crippen molar-refractivity contribution in [3.63, 3.8) is 0 Å². The first-order valence-electron chi connectivity index (χ1n) is 9.40. The van der Waals surface area contributed by atoms with Gasteiger partial charge in [-0.3, -0.25) is 10.1 Å². The van der Waals surface area contributed by atoms with Crippen molar-refractivity contribution < 1.29 is 9.53 Å². The molecule has 0 spiro atoms. The maximum atomic E-state index is 12.8. The fourth-order valence-electron chi connectivity index (χ4n) is 3.10. The van der Waals surface area contributed by atoms with Crippen LogP contribution in [0, 0.1) is 6.92 Å². The molecule has 1 amide bonds. The molecule has 3 aromatic carbocycles. The highest BCUT2D eigenvalue weighted by Crippen LogP contribution is 2.25. The first-order chi connectivity index (χ1) is 13.6. The molecule has 0 heterocycles. The standard InChI is InChI=1S/C24H26N2O2/c1-17-13-15-20(16-14-17)23(19-9-5-4-6-10-19)25-18(2)24(27)26-21-11-7-8-12-22(21)28-3/h4-16,18,23,25H,1-3H3,(H,26,27)/t18-,23+/m1/s1. The number of carbonyl (C=O) groups excluding carboxylic acids is 1. The van der Waals surface area contributed by atoms with Crippen molar-refractivity contribution >= 4 is 11.6 Å². The summed E-state index contributed by atoms with van der Waals surface area (Å²) in [5.74, 6) is 0.527. The Labute approximate surface area is 166 Å². The molecule has 0 aliphatic carbocycles. The number of benzene rings is 3. The van der Waals surface area contributed by atoms with Crippen molar-refractivity contribution in [3.05, 3.63) is 95.6 Å². The van der Waals surface area contributed by atoms with Crippen molar-refractivity contribution in [3.8, 4) is 5.75 Å². The molecule has 144 valence electrons. The lowest BCUT2D eigenvalue weighted by atomic mass is 9.97. The molecule has 0 aromatic heterocycles. The third kappa shape index (κ3) is 4.78. The zero-order chi connectivity index (χ0) is 19.9. The third-order valence-electron chi connectivity index (χ3n) is 4.72. The average Bonchev–Trinajstić information content (AvgIpc) is 2.73. The molecule has 0 radical (unpaired) electrons. The molecule has 0 aliphatic rings. The molecule has 0 saturated carbocycles. The highest BCUT2D eigenvalue weighted by atomic mass is 16.5. The summed E-state index contributed by atoms with van der Waals surface area (Å²) in [5.41, 5.74) is 4.10. The van der Waals surface area contributed by atoms with E-state index in [0.717, 1.165) is 11.1 Å². The Morgan fingerprint density at radius 1 is 0.857 bits per heavy atom. The summed E-state index contributed by atoms with van der Waals surface area (Å²) in [4.78, 5) is 12.8. The molecular formula is C24H26N2O2. The van der Waals surface area contributed by atoms with E-state index < -0.39 is 6.04 Å². The van der Waals surface area contributed by atoms with E-state index in [1.54, 1.807) is 7.11 Å². The maximum absolute atomic E-state index is 12.8. The molecule has 2 N–H and O–H groups in total. The molecule has 0 fully saturated rings. The highest BCUT2D eigenvalue weighted by Gasteiger charge is 2.21. The van der Waals surface area contributed by atoms with E-state index in [-0.39, 0.29) is 11.9 Å². The van der Waals surface area contributed by atoms with Crippen LogP contribution in [0.3, 0.4) is 0 Å². The molecule has 0 aliphatic heterocycles. The Kier molecular flexibility index (Phi) is 6.45. The normalized spacial score (nSPS) is 12.8. The number of amides is 1. The largest absolute Gasteiger partial charge is 0.495 e. The number of nitrogens with one attached hydrogen (secondary N) is 2. The second-order valence-electron chi connectivity index (χ2n) is 6.83. The van der Waals surface area contributed by atoms with Gasteiger partial charge in [0.1, 0.15) is 5.75 Å². The SMILES string of the molecule is COc1ccccc1NC(=O)[C@@H](C)N[C@@H](c1ccccc1)c1ccc(C)cc1. The highest BCUT2D eigenvalue weighted by molar-refractivity contribution is 5.95. The summed E-state index contributed by atoms with van der Waals surface area (Å²) in [7, 11) is 1.59. The zero-order valence-corrected chi connectivity index (χ0v) is 16.5. The van der Waals surface area contributed by atoms with Gasteiger partial charge in [0.05, 0.1) is 24.9 Å². The summed E-state index contributed by atoms with van der Waals surface area (Å²) < 4.78 is 5.32. The van der Waals surface area contributed by atoms with Crippen molar-refractivity contribution in [1.82, 2.24) is 5.32 Å². The van der Waals surface area contributed by atoms with Gasteiger partial charge >= 0.3 is 0 Å². The number of ether oxygens (including phenoxy) is 1. The van der Waals surface area contributed by atoms with Gasteiger partial charge in [-0.2, -0.15) is 0 Å². The van der Waals surface area contributed by atoms with Crippen LogP contribution < -0.4 is 15.4 Å². The summed E-state index contributed by atoms with van der Waals surface area (Å²) in [6.45, 7) is 3.94. The van der Waals surface area contributed by atoms with Crippen LogP contribution in [0.4, 0.5) is 5.69 Å². The lowest BCUT2D eigenvalue weighted by Gasteiger charge is -2.24. The Hall–Kier alpha value is -3.11. The maximum Gasteiger partial charge on any atom is 0.241 e. The molecule has 28 heavy (non-hydrogen) atoms. The smallest absolute Gasteiger partial charge is 0.241 e. The molecule has 2 atom stereocenters. The van der Waals surface area contributed by atoms with Crippen LogP contribution >= 0.6 is 0 Å². The van der Waals surface area contributed by atoms with E-state index in [2.05, 4.69) is 54.0 Å². The zero-order valence-electron chi connectivity index (χ0n) is 16.5. The third-order valence-corrected chi connectivity index (χ3v) is 4.72. The summed E-state index contributed by atoms with van der Waals surface area (Å²) in [5, 5.41) is 6.43. The fraction of sp³-hybridized carbons (Fsp3) is 0.208. The lowest BCUT2D eigenvalue weighted by molar-refractivity contribution is -0.117. The Morgan fingerprint density at radius 3 is 2.14 bits per heavy atom. The van der Waals surface area contributed by atoms with Crippen LogP contribution in [0.1, 0.15) is 29.7 Å². The number of hydrogen-bond acceptors (Lipinski definition) is 3. The Bertz CT molecular complexity index is 907. The van der Waals surface area contributed by atoms with Gasteiger partial charge in [0.2, 0.25) is 5.91 Å². The quantitative estimate of drug-likeness (QED) is 0.630. The number of hydrogen-bond donors (Lipinski definition) is 2. The summed E-state index contributed by atoms with van der Waals surface area (Å²) >= 11 is 0. The van der Waals surface area contributed by atoms with Crippen LogP contribution in [-0.2, 0) is 4.79 Å². The van der Waals surface area contributed by atoms with Crippen molar-refractivity contribution in [1.29, 1.82) is 0 Å². The minimum absolute atomic E-state index is 0.0831. The topological polar surface area (TPSA) is 50.4 Å². The van der Waals surface area contributed by atoms with Gasteiger partial charge in [0.15, 0.2) is 0 Å². The first kappa shape index (κ1) is 19.6. The van der Waals surface area contributed by atoms with Crippen LogP contribution in [0.25, 0.3) is 0 Å². The number of anilines is 1. The molecule has 4 nitrogen and oxygen atoms in total. The number of carbonyl (C=O) groups is 1. The van der Waals surface area contributed by atoms with Gasteiger partial charge in [-0.15, -0.1) is 0 Å². The van der Waals surface area contributed by atoms with Gasteiger partial charge in [0, 0.05) is 0 Å². The van der Waals surface area contributed by atoms with Gasteiger partial charge < -0.3 is 10.1 Å². The summed E-state index contributed by atoms with van der Waals surface area (Å²) in [6, 6.07) is 25.5. The van der Waals surface area contributed by atoms with Gasteiger partial charge in [-0.1, -0.05) is 72.3 Å². The predicted octanol–water partition coefficient (Wildman–Crippen LogP) is 4.71. The number of para-hydroxylation sites is 2. The van der Waals surface area contributed by atoms with E-state index in [1.807, 2.05) is 49.4 Å². The Morgan fingerprint density at radius 2 is 1.46 bits per heavy atom. The van der Waals surface area contributed by atoms with Crippen LogP contribution in [0.15, 0.2) is 78.9 Å². The van der Waals surface area contributed by atoms with Crippen molar-refractivity contribution in [2.24, 2.45) is 0 Å². The monoisotopic (exact) mass is 374 g/mol. The number of aryl methyl sites for hydroxylation is 1. The fourth-order valence-corrected chi connectivity index (χ4v) is 3.10. The van der Waals surface area contributed by atoms with E-state index in [4.69, 9.17) is 4.74 Å². The second-order valence-corrected chi connectivity index (χ2v) is 6.83. The minimum Gasteiger partial charge on any atom is -0.495 e. The van der Waals surface area contributed by atoms with E-state index in [9.17, 15) is 4.79 Å². The lowest BCUT2D eigenvalue weighted by Crippen LogP contribution is -2.40. The Balaban J connectivity index is 1.80. The van der Waals surface area contributed by atoms with E-state index in [0.29, 0.717) is 11.4 Å². The first-order valence-corrected chi connectivity index (χ1v) is 9.40. The molecule has 3 rings (SSSR count). The van der Waals surface area contributed by atoms with Crippen LogP contribution in [0.5, 0.6) is 5.75 Å². The molecule has 0 unspecified atom stereocenters. The molecule has 4 heteroatoms. The number of rotatable bonds is 7.